The molecule has 0 amide bonds. The zero-order chi connectivity index (χ0) is 16.1. The van der Waals surface area contributed by atoms with Crippen LogP contribution in [0.1, 0.15) is 17.5 Å². The highest BCUT2D eigenvalue weighted by Gasteiger charge is 2.24. The van der Waals surface area contributed by atoms with Crippen LogP contribution in [0.2, 0.25) is 0 Å². The molecule has 1 fully saturated rings. The van der Waals surface area contributed by atoms with Gasteiger partial charge in [0.05, 0.1) is 6.61 Å². The highest BCUT2D eigenvalue weighted by Crippen LogP contribution is 2.17. The van der Waals surface area contributed by atoms with Crippen LogP contribution in [0.25, 0.3) is 0 Å². The average molecular weight is 377 g/mol. The monoisotopic (exact) mass is 376 g/mol. The largest absolute Gasteiger partial charge is 0.380 e. The highest BCUT2D eigenvalue weighted by molar-refractivity contribution is 9.10. The van der Waals surface area contributed by atoms with Crippen LogP contribution in [0, 0.1) is 0 Å². The molecule has 5 heteroatoms. The van der Waals surface area contributed by atoms with Gasteiger partial charge in [0, 0.05) is 42.0 Å². The molecule has 1 aromatic carbocycles. The summed E-state index contributed by atoms with van der Waals surface area (Å²) < 4.78 is 6.45. The summed E-state index contributed by atoms with van der Waals surface area (Å²) in [6.45, 7) is 3.13. The molecule has 122 valence electrons. The maximum Gasteiger partial charge on any atom is 0.252 e. The van der Waals surface area contributed by atoms with Gasteiger partial charge in [0.25, 0.3) is 5.56 Å². The first kappa shape index (κ1) is 16.4. The Bertz CT molecular complexity index is 681. The molecule has 1 saturated heterocycles. The molecule has 0 aliphatic carbocycles. The van der Waals surface area contributed by atoms with Crippen molar-refractivity contribution in [3.8, 4) is 0 Å². The van der Waals surface area contributed by atoms with Crippen molar-refractivity contribution in [2.45, 2.75) is 25.4 Å². The predicted molar refractivity (Wildman–Crippen MR) is 94.5 cm³/mol. The third kappa shape index (κ3) is 4.53. The summed E-state index contributed by atoms with van der Waals surface area (Å²) in [5.74, 6) is 0. The second kappa shape index (κ2) is 7.90. The lowest BCUT2D eigenvalue weighted by Gasteiger charge is -2.27. The fourth-order valence-corrected chi connectivity index (χ4v) is 3.35. The van der Waals surface area contributed by atoms with Gasteiger partial charge in [-0.3, -0.25) is 9.69 Å². The van der Waals surface area contributed by atoms with E-state index in [0.29, 0.717) is 12.6 Å². The number of pyridine rings is 1. The molecule has 1 atom stereocenters. The van der Waals surface area contributed by atoms with E-state index in [1.807, 2.05) is 12.1 Å². The van der Waals surface area contributed by atoms with Gasteiger partial charge in [-0.2, -0.15) is 0 Å². The van der Waals surface area contributed by atoms with E-state index in [1.54, 1.807) is 6.20 Å². The van der Waals surface area contributed by atoms with Crippen LogP contribution in [0.3, 0.4) is 0 Å². The standard InChI is InChI=1S/C18H21BrN2O2/c19-16-10-15(18(22)20-11-16)12-21(17-7-9-23-13-17)8-6-14-4-2-1-3-5-14/h1-5,10-11,17H,6-9,12-13H2,(H,20,22). The second-order valence-electron chi connectivity index (χ2n) is 5.90. The molecule has 1 aliphatic heterocycles. The number of ether oxygens (including phenoxy) is 1. The number of aromatic amines is 1. The Labute approximate surface area is 144 Å². The SMILES string of the molecule is O=c1[nH]cc(Br)cc1CN(CCc1ccccc1)C1CCOC1. The van der Waals surface area contributed by atoms with E-state index in [1.165, 1.54) is 5.56 Å². The number of H-pyrrole nitrogens is 1. The Balaban J connectivity index is 1.72. The zero-order valence-corrected chi connectivity index (χ0v) is 14.6. The minimum absolute atomic E-state index is 0.0168. The molecular weight excluding hydrogens is 356 g/mol. The molecule has 2 aromatic rings. The van der Waals surface area contributed by atoms with E-state index in [2.05, 4.69) is 50.1 Å². The minimum atomic E-state index is -0.0168. The first-order valence-corrected chi connectivity index (χ1v) is 8.74. The fourth-order valence-electron chi connectivity index (χ4n) is 2.96. The molecule has 0 saturated carbocycles. The summed E-state index contributed by atoms with van der Waals surface area (Å²) in [7, 11) is 0. The van der Waals surface area contributed by atoms with E-state index >= 15 is 0 Å². The number of hydrogen-bond acceptors (Lipinski definition) is 3. The Hall–Kier alpha value is -1.43. The number of rotatable bonds is 6. The molecule has 1 N–H and O–H groups in total. The van der Waals surface area contributed by atoms with Crippen molar-refractivity contribution < 1.29 is 4.74 Å². The van der Waals surface area contributed by atoms with Crippen LogP contribution in [-0.4, -0.2) is 35.7 Å². The molecule has 0 radical (unpaired) electrons. The van der Waals surface area contributed by atoms with Gasteiger partial charge in [-0.15, -0.1) is 0 Å². The summed E-state index contributed by atoms with van der Waals surface area (Å²) >= 11 is 3.43. The van der Waals surface area contributed by atoms with Crippen LogP contribution in [0.4, 0.5) is 0 Å². The molecule has 1 aliphatic rings. The Morgan fingerprint density at radius 2 is 2.13 bits per heavy atom. The molecular formula is C18H21BrN2O2. The van der Waals surface area contributed by atoms with Gasteiger partial charge >= 0.3 is 0 Å². The maximum absolute atomic E-state index is 12.1. The van der Waals surface area contributed by atoms with Crippen molar-refractivity contribution >= 4 is 15.9 Å². The number of nitrogens with one attached hydrogen (secondary N) is 1. The molecule has 1 aromatic heterocycles. The molecule has 0 spiro atoms. The van der Waals surface area contributed by atoms with Crippen molar-refractivity contribution in [2.24, 2.45) is 0 Å². The number of halogens is 1. The lowest BCUT2D eigenvalue weighted by molar-refractivity contribution is 0.139. The van der Waals surface area contributed by atoms with E-state index in [9.17, 15) is 4.79 Å². The fraction of sp³-hybridized carbons (Fsp3) is 0.389. The summed E-state index contributed by atoms with van der Waals surface area (Å²) in [4.78, 5) is 17.2. The summed E-state index contributed by atoms with van der Waals surface area (Å²) in [6, 6.07) is 12.8. The van der Waals surface area contributed by atoms with Crippen molar-refractivity contribution in [2.75, 3.05) is 19.8 Å². The van der Waals surface area contributed by atoms with Crippen molar-refractivity contribution in [3.63, 3.8) is 0 Å². The second-order valence-corrected chi connectivity index (χ2v) is 6.81. The Morgan fingerprint density at radius 3 is 2.87 bits per heavy atom. The van der Waals surface area contributed by atoms with Gasteiger partial charge in [-0.25, -0.2) is 0 Å². The van der Waals surface area contributed by atoms with Gasteiger partial charge in [-0.05, 0) is 40.4 Å². The van der Waals surface area contributed by atoms with Gasteiger partial charge in [0.2, 0.25) is 0 Å². The van der Waals surface area contributed by atoms with Gasteiger partial charge in [0.1, 0.15) is 0 Å². The molecule has 3 rings (SSSR count). The summed E-state index contributed by atoms with van der Waals surface area (Å²) in [5.41, 5.74) is 2.09. The molecule has 23 heavy (non-hydrogen) atoms. The first-order chi connectivity index (χ1) is 11.2. The van der Waals surface area contributed by atoms with Crippen LogP contribution < -0.4 is 5.56 Å². The molecule has 2 heterocycles. The Kier molecular flexibility index (Phi) is 5.65. The zero-order valence-electron chi connectivity index (χ0n) is 13.0. The normalized spacial score (nSPS) is 17.7. The minimum Gasteiger partial charge on any atom is -0.380 e. The van der Waals surface area contributed by atoms with Crippen LogP contribution in [0.5, 0.6) is 0 Å². The molecule has 4 nitrogen and oxygen atoms in total. The highest BCUT2D eigenvalue weighted by atomic mass is 79.9. The predicted octanol–water partition coefficient (Wildman–Crippen LogP) is 2.97. The van der Waals surface area contributed by atoms with Crippen molar-refractivity contribution in [1.82, 2.24) is 9.88 Å². The van der Waals surface area contributed by atoms with Crippen molar-refractivity contribution in [1.29, 1.82) is 0 Å². The van der Waals surface area contributed by atoms with E-state index in [4.69, 9.17) is 4.74 Å². The molecule has 1 unspecified atom stereocenters. The van der Waals surface area contributed by atoms with E-state index in [0.717, 1.165) is 42.6 Å². The number of benzene rings is 1. The number of nitrogens with zero attached hydrogens (tertiary/aromatic N) is 1. The topological polar surface area (TPSA) is 45.3 Å². The van der Waals surface area contributed by atoms with E-state index in [-0.39, 0.29) is 5.56 Å². The average Bonchev–Trinajstić information content (AvgIpc) is 3.10. The van der Waals surface area contributed by atoms with Gasteiger partial charge < -0.3 is 9.72 Å². The maximum atomic E-state index is 12.1. The first-order valence-electron chi connectivity index (χ1n) is 7.95. The summed E-state index contributed by atoms with van der Waals surface area (Å²) in [6.07, 6.45) is 3.68. The third-order valence-corrected chi connectivity index (χ3v) is 4.73. The Morgan fingerprint density at radius 1 is 1.30 bits per heavy atom. The lowest BCUT2D eigenvalue weighted by atomic mass is 10.1. The molecule has 0 bridgehead atoms. The quantitative estimate of drug-likeness (QED) is 0.842. The van der Waals surface area contributed by atoms with Crippen molar-refractivity contribution in [3.05, 3.63) is 68.5 Å². The summed E-state index contributed by atoms with van der Waals surface area (Å²) in [5, 5.41) is 0. The van der Waals surface area contributed by atoms with Gasteiger partial charge in [-0.1, -0.05) is 30.3 Å². The number of aromatic nitrogens is 1. The number of hydrogen-bond donors (Lipinski definition) is 1. The third-order valence-electron chi connectivity index (χ3n) is 4.27. The van der Waals surface area contributed by atoms with Crippen LogP contribution in [-0.2, 0) is 17.7 Å². The van der Waals surface area contributed by atoms with Crippen LogP contribution >= 0.6 is 15.9 Å². The smallest absolute Gasteiger partial charge is 0.252 e. The lowest BCUT2D eigenvalue weighted by Crippen LogP contribution is -2.38. The van der Waals surface area contributed by atoms with Gasteiger partial charge in [0.15, 0.2) is 0 Å². The van der Waals surface area contributed by atoms with Crippen LogP contribution in [0.15, 0.2) is 51.9 Å². The van der Waals surface area contributed by atoms with E-state index < -0.39 is 0 Å².